The second-order valence-corrected chi connectivity index (χ2v) is 9.25. The Labute approximate surface area is 146 Å². The summed E-state index contributed by atoms with van der Waals surface area (Å²) in [6.07, 6.45) is 4.42. The molecule has 128 valence electrons. The average Bonchev–Trinajstić information content (AvgIpc) is 2.49. The quantitative estimate of drug-likeness (QED) is 0.841. The monoisotopic (exact) mass is 402 g/mol. The molecule has 1 aromatic rings. The summed E-state index contributed by atoms with van der Waals surface area (Å²) in [6, 6.07) is 4.84. The predicted molar refractivity (Wildman–Crippen MR) is 93.9 cm³/mol. The normalized spacial score (nSPS) is 22.1. The fourth-order valence-electron chi connectivity index (χ4n) is 2.82. The number of carbonyl (C=O) groups is 1. The molecule has 7 heteroatoms. The van der Waals surface area contributed by atoms with Crippen LogP contribution < -0.4 is 5.32 Å². The summed E-state index contributed by atoms with van der Waals surface area (Å²) in [5, 5.41) is 3.05. The zero-order chi connectivity index (χ0) is 17.2. The Morgan fingerprint density at radius 3 is 2.52 bits per heavy atom. The van der Waals surface area contributed by atoms with Crippen molar-refractivity contribution in [2.24, 2.45) is 5.92 Å². The Hall–Kier alpha value is -0.920. The summed E-state index contributed by atoms with van der Waals surface area (Å²) in [6.45, 7) is 2.15. The third kappa shape index (κ3) is 4.14. The molecule has 1 aliphatic carbocycles. The van der Waals surface area contributed by atoms with E-state index < -0.39 is 10.0 Å². The van der Waals surface area contributed by atoms with Crippen LogP contribution in [0.4, 0.5) is 0 Å². The molecular weight excluding hydrogens is 380 g/mol. The number of amides is 1. The zero-order valence-electron chi connectivity index (χ0n) is 13.7. The highest BCUT2D eigenvalue weighted by Gasteiger charge is 2.25. The van der Waals surface area contributed by atoms with Gasteiger partial charge in [-0.2, -0.15) is 0 Å². The molecule has 5 nitrogen and oxygen atoms in total. The third-order valence-electron chi connectivity index (χ3n) is 4.38. The minimum atomic E-state index is -3.60. The zero-order valence-corrected chi connectivity index (χ0v) is 16.1. The van der Waals surface area contributed by atoms with Crippen LogP contribution in [0.15, 0.2) is 27.6 Å². The smallest absolute Gasteiger partial charge is 0.251 e. The van der Waals surface area contributed by atoms with Gasteiger partial charge in [0.2, 0.25) is 10.0 Å². The van der Waals surface area contributed by atoms with Crippen LogP contribution in [-0.4, -0.2) is 38.8 Å². The Kier molecular flexibility index (Phi) is 5.86. The van der Waals surface area contributed by atoms with Gasteiger partial charge in [-0.3, -0.25) is 4.79 Å². The number of nitrogens with zero attached hydrogens (tertiary/aromatic N) is 1. The van der Waals surface area contributed by atoms with E-state index in [4.69, 9.17) is 0 Å². The van der Waals surface area contributed by atoms with Crippen molar-refractivity contribution in [3.8, 4) is 0 Å². The van der Waals surface area contributed by atoms with Gasteiger partial charge in [0, 0.05) is 30.2 Å². The van der Waals surface area contributed by atoms with Crippen molar-refractivity contribution in [2.75, 3.05) is 14.1 Å². The Morgan fingerprint density at radius 1 is 1.26 bits per heavy atom. The van der Waals surface area contributed by atoms with E-state index in [1.807, 2.05) is 0 Å². The first-order chi connectivity index (χ1) is 10.7. The van der Waals surface area contributed by atoms with E-state index in [2.05, 4.69) is 28.2 Å². The lowest BCUT2D eigenvalue weighted by molar-refractivity contribution is 0.0910. The maximum Gasteiger partial charge on any atom is 0.251 e. The van der Waals surface area contributed by atoms with Crippen molar-refractivity contribution in [2.45, 2.75) is 43.5 Å². The molecule has 1 saturated carbocycles. The third-order valence-corrected chi connectivity index (χ3v) is 7.19. The summed E-state index contributed by atoms with van der Waals surface area (Å²) < 4.78 is 26.3. The number of hydrogen-bond acceptors (Lipinski definition) is 3. The number of sulfonamides is 1. The van der Waals surface area contributed by atoms with E-state index in [0.29, 0.717) is 16.0 Å². The number of carbonyl (C=O) groups excluding carboxylic acids is 1. The molecule has 2 atom stereocenters. The number of rotatable bonds is 4. The maximum absolute atomic E-state index is 12.5. The lowest BCUT2D eigenvalue weighted by Crippen LogP contribution is -2.41. The lowest BCUT2D eigenvalue weighted by atomic mass is 9.86. The van der Waals surface area contributed by atoms with Crippen LogP contribution in [-0.2, 0) is 10.0 Å². The molecule has 1 N–H and O–H groups in total. The van der Waals surface area contributed by atoms with Crippen LogP contribution in [0.5, 0.6) is 0 Å². The van der Waals surface area contributed by atoms with Crippen LogP contribution in [0.2, 0.25) is 0 Å². The van der Waals surface area contributed by atoms with Crippen molar-refractivity contribution in [3.05, 3.63) is 28.2 Å². The number of halogens is 1. The molecule has 1 aliphatic rings. The molecule has 0 saturated heterocycles. The minimum absolute atomic E-state index is 0.104. The standard InChI is InChI=1S/C16H23BrN2O3S/c1-11-6-4-5-7-14(11)18-16(20)12-8-9-13(17)15(10-12)23(21,22)19(2)3/h8-11,14H,4-7H2,1-3H3,(H,18,20)/t11-,14+/m0/s1. The van der Waals surface area contributed by atoms with Gasteiger partial charge >= 0.3 is 0 Å². The summed E-state index contributed by atoms with van der Waals surface area (Å²) in [5.74, 6) is 0.236. The van der Waals surface area contributed by atoms with E-state index in [1.54, 1.807) is 12.1 Å². The first-order valence-corrected chi connectivity index (χ1v) is 9.99. The Morgan fingerprint density at radius 2 is 1.91 bits per heavy atom. The Balaban J connectivity index is 2.25. The Bertz CT molecular complexity index is 689. The summed E-state index contributed by atoms with van der Waals surface area (Å²) >= 11 is 3.25. The molecule has 0 bridgehead atoms. The predicted octanol–water partition coefficient (Wildman–Crippen LogP) is 3.01. The average molecular weight is 403 g/mol. The van der Waals surface area contributed by atoms with Crippen LogP contribution in [0.1, 0.15) is 43.0 Å². The van der Waals surface area contributed by atoms with E-state index in [9.17, 15) is 13.2 Å². The van der Waals surface area contributed by atoms with Crippen molar-refractivity contribution >= 4 is 31.9 Å². The lowest BCUT2D eigenvalue weighted by Gasteiger charge is -2.29. The second kappa shape index (κ2) is 7.32. The number of nitrogens with one attached hydrogen (secondary N) is 1. The highest BCUT2D eigenvalue weighted by atomic mass is 79.9. The second-order valence-electron chi connectivity index (χ2n) is 6.27. The van der Waals surface area contributed by atoms with Gasteiger partial charge in [0.1, 0.15) is 0 Å². The van der Waals surface area contributed by atoms with Crippen LogP contribution in [0, 0.1) is 5.92 Å². The largest absolute Gasteiger partial charge is 0.349 e. The van der Waals surface area contributed by atoms with E-state index in [-0.39, 0.29) is 16.8 Å². The molecule has 0 spiro atoms. The summed E-state index contributed by atoms with van der Waals surface area (Å²) in [5.41, 5.74) is 0.367. The maximum atomic E-state index is 12.5. The summed E-state index contributed by atoms with van der Waals surface area (Å²) in [7, 11) is -0.660. The van der Waals surface area contributed by atoms with Gasteiger partial charge in [0.15, 0.2) is 0 Å². The first-order valence-electron chi connectivity index (χ1n) is 7.76. The van der Waals surface area contributed by atoms with Gasteiger partial charge in [-0.25, -0.2) is 12.7 Å². The molecule has 23 heavy (non-hydrogen) atoms. The van der Waals surface area contributed by atoms with E-state index in [0.717, 1.165) is 23.6 Å². The van der Waals surface area contributed by atoms with Gasteiger partial charge in [-0.1, -0.05) is 19.8 Å². The fourth-order valence-corrected chi connectivity index (χ4v) is 4.67. The molecule has 0 aliphatic heterocycles. The van der Waals surface area contributed by atoms with Crippen molar-refractivity contribution in [1.82, 2.24) is 9.62 Å². The van der Waals surface area contributed by atoms with Gasteiger partial charge in [0.05, 0.1) is 4.90 Å². The molecule has 0 radical (unpaired) electrons. The molecule has 1 fully saturated rings. The summed E-state index contributed by atoms with van der Waals surface area (Å²) in [4.78, 5) is 12.6. The molecule has 1 aromatic carbocycles. The van der Waals surface area contributed by atoms with E-state index >= 15 is 0 Å². The van der Waals surface area contributed by atoms with Crippen molar-refractivity contribution in [1.29, 1.82) is 0 Å². The molecule has 0 unspecified atom stereocenters. The molecule has 1 amide bonds. The molecule has 2 rings (SSSR count). The first kappa shape index (κ1) is 18.4. The highest BCUT2D eigenvalue weighted by molar-refractivity contribution is 9.10. The van der Waals surface area contributed by atoms with Gasteiger partial charge in [0.25, 0.3) is 5.91 Å². The molecule has 0 heterocycles. The fraction of sp³-hybridized carbons (Fsp3) is 0.562. The number of benzene rings is 1. The van der Waals surface area contributed by atoms with Crippen LogP contribution in [0.25, 0.3) is 0 Å². The molecular formula is C16H23BrN2O3S. The number of hydrogen-bond donors (Lipinski definition) is 1. The van der Waals surface area contributed by atoms with Gasteiger partial charge in [-0.15, -0.1) is 0 Å². The van der Waals surface area contributed by atoms with Crippen LogP contribution >= 0.6 is 15.9 Å². The van der Waals surface area contributed by atoms with E-state index in [1.165, 1.54) is 26.6 Å². The van der Waals surface area contributed by atoms with Crippen LogP contribution in [0.3, 0.4) is 0 Å². The van der Waals surface area contributed by atoms with Crippen molar-refractivity contribution < 1.29 is 13.2 Å². The topological polar surface area (TPSA) is 66.5 Å². The van der Waals surface area contributed by atoms with Gasteiger partial charge < -0.3 is 5.32 Å². The van der Waals surface area contributed by atoms with Gasteiger partial charge in [-0.05, 0) is 52.9 Å². The molecule has 0 aromatic heterocycles. The highest BCUT2D eigenvalue weighted by Crippen LogP contribution is 2.27. The SMILES string of the molecule is C[C@H]1CCCC[C@H]1NC(=O)c1ccc(Br)c(S(=O)(=O)N(C)C)c1. The van der Waals surface area contributed by atoms with Crippen molar-refractivity contribution in [3.63, 3.8) is 0 Å². The minimum Gasteiger partial charge on any atom is -0.349 e.